The highest BCUT2D eigenvalue weighted by atomic mass is 16.5. The molecule has 4 aromatic rings. The van der Waals surface area contributed by atoms with Crippen molar-refractivity contribution >= 4 is 28.0 Å². The van der Waals surface area contributed by atoms with Crippen molar-refractivity contribution in [1.82, 2.24) is 19.5 Å². The maximum absolute atomic E-state index is 11.8. The number of fused-ring (bicyclic) bond motifs is 2. The number of hydrogen-bond donors (Lipinski definition) is 1. The summed E-state index contributed by atoms with van der Waals surface area (Å²) in [5.41, 5.74) is 3.47. The molecule has 2 aromatic heterocycles. The molecule has 0 bridgehead atoms. The molecule has 0 aliphatic rings. The van der Waals surface area contributed by atoms with Crippen LogP contribution in [0.25, 0.3) is 33.7 Å². The standard InChI is InChI=1S/C17H14N4O2/c1-23-15(22)10-21-14-9-5-4-8-13(14)20-17(21)16-18-11-6-2-3-7-12(11)19-16/h2-9H,10H2,1H3,(H,18,19). The van der Waals surface area contributed by atoms with Gasteiger partial charge in [0.05, 0.1) is 29.2 Å². The topological polar surface area (TPSA) is 72.8 Å². The van der Waals surface area contributed by atoms with Gasteiger partial charge in [0.15, 0.2) is 11.6 Å². The molecule has 0 unspecified atom stereocenters. The molecule has 0 atom stereocenters. The quantitative estimate of drug-likeness (QED) is 0.591. The number of hydrogen-bond acceptors (Lipinski definition) is 4. The van der Waals surface area contributed by atoms with Crippen molar-refractivity contribution in [2.24, 2.45) is 0 Å². The highest BCUT2D eigenvalue weighted by Crippen LogP contribution is 2.24. The Hall–Kier alpha value is -3.15. The van der Waals surface area contributed by atoms with E-state index in [0.29, 0.717) is 11.6 Å². The predicted octanol–water partition coefficient (Wildman–Crippen LogP) is 2.75. The summed E-state index contributed by atoms with van der Waals surface area (Å²) < 4.78 is 6.62. The SMILES string of the molecule is COC(=O)Cn1c(-c2nc3ccccc3[nH]2)nc2ccccc21. The number of carbonyl (C=O) groups excluding carboxylic acids is 1. The third-order valence-corrected chi connectivity index (χ3v) is 3.77. The Morgan fingerprint density at radius 1 is 1.09 bits per heavy atom. The van der Waals surface area contributed by atoms with Crippen LogP contribution in [0.2, 0.25) is 0 Å². The Balaban J connectivity index is 1.94. The van der Waals surface area contributed by atoms with Crippen molar-refractivity contribution in [2.75, 3.05) is 7.11 Å². The third kappa shape index (κ3) is 2.24. The molecule has 6 nitrogen and oxygen atoms in total. The number of esters is 1. The molecule has 0 radical (unpaired) electrons. The molecule has 0 spiro atoms. The molecule has 0 saturated heterocycles. The lowest BCUT2D eigenvalue weighted by Crippen LogP contribution is -2.12. The van der Waals surface area contributed by atoms with E-state index in [9.17, 15) is 4.79 Å². The van der Waals surface area contributed by atoms with Crippen LogP contribution in [0, 0.1) is 0 Å². The lowest BCUT2D eigenvalue weighted by atomic mass is 10.3. The van der Waals surface area contributed by atoms with Gasteiger partial charge in [-0.1, -0.05) is 24.3 Å². The average Bonchev–Trinajstić information content (AvgIpc) is 3.16. The minimum Gasteiger partial charge on any atom is -0.468 e. The Kier molecular flexibility index (Phi) is 3.08. The van der Waals surface area contributed by atoms with Crippen molar-refractivity contribution in [3.05, 3.63) is 48.5 Å². The first-order valence-electron chi connectivity index (χ1n) is 7.23. The van der Waals surface area contributed by atoms with Gasteiger partial charge in [0, 0.05) is 0 Å². The van der Waals surface area contributed by atoms with Crippen molar-refractivity contribution in [1.29, 1.82) is 0 Å². The number of aromatic nitrogens is 4. The normalized spacial score (nSPS) is 11.2. The maximum atomic E-state index is 11.8. The van der Waals surface area contributed by atoms with Crippen LogP contribution in [0.5, 0.6) is 0 Å². The molecule has 2 aromatic carbocycles. The van der Waals surface area contributed by atoms with E-state index in [2.05, 4.69) is 15.0 Å². The van der Waals surface area contributed by atoms with E-state index in [1.165, 1.54) is 7.11 Å². The minimum atomic E-state index is -0.328. The number of imidazole rings is 2. The van der Waals surface area contributed by atoms with Gasteiger partial charge in [-0.2, -0.15) is 0 Å². The molecule has 0 saturated carbocycles. The van der Waals surface area contributed by atoms with Crippen LogP contribution in [-0.4, -0.2) is 32.6 Å². The van der Waals surface area contributed by atoms with Gasteiger partial charge in [-0.25, -0.2) is 9.97 Å². The summed E-state index contributed by atoms with van der Waals surface area (Å²) in [5, 5.41) is 0. The summed E-state index contributed by atoms with van der Waals surface area (Å²) in [5.74, 6) is 0.921. The van der Waals surface area contributed by atoms with Crippen LogP contribution in [0.4, 0.5) is 0 Å². The largest absolute Gasteiger partial charge is 0.468 e. The zero-order valence-corrected chi connectivity index (χ0v) is 12.5. The Labute approximate surface area is 131 Å². The smallest absolute Gasteiger partial charge is 0.325 e. The molecular weight excluding hydrogens is 292 g/mol. The number of para-hydroxylation sites is 4. The van der Waals surface area contributed by atoms with Crippen LogP contribution in [0.15, 0.2) is 48.5 Å². The number of methoxy groups -OCH3 is 1. The number of ether oxygens (including phenoxy) is 1. The highest BCUT2D eigenvalue weighted by molar-refractivity contribution is 5.84. The van der Waals surface area contributed by atoms with Gasteiger partial charge in [-0.3, -0.25) is 4.79 Å². The second-order valence-corrected chi connectivity index (χ2v) is 5.19. The first kappa shape index (κ1) is 13.5. The van der Waals surface area contributed by atoms with Gasteiger partial charge in [-0.05, 0) is 24.3 Å². The molecule has 6 heteroatoms. The van der Waals surface area contributed by atoms with Gasteiger partial charge in [0.25, 0.3) is 0 Å². The van der Waals surface area contributed by atoms with Crippen LogP contribution >= 0.6 is 0 Å². The Morgan fingerprint density at radius 3 is 2.61 bits per heavy atom. The first-order chi connectivity index (χ1) is 11.3. The zero-order chi connectivity index (χ0) is 15.8. The Bertz CT molecular complexity index is 983. The van der Waals surface area contributed by atoms with Crippen molar-refractivity contribution < 1.29 is 9.53 Å². The van der Waals surface area contributed by atoms with Gasteiger partial charge < -0.3 is 14.3 Å². The van der Waals surface area contributed by atoms with Crippen molar-refractivity contribution in [2.45, 2.75) is 6.54 Å². The number of H-pyrrole nitrogens is 1. The maximum Gasteiger partial charge on any atom is 0.325 e. The monoisotopic (exact) mass is 306 g/mol. The van der Waals surface area contributed by atoms with E-state index in [1.807, 2.05) is 53.1 Å². The lowest BCUT2D eigenvalue weighted by molar-refractivity contribution is -0.141. The van der Waals surface area contributed by atoms with Crippen LogP contribution < -0.4 is 0 Å². The van der Waals surface area contributed by atoms with Crippen molar-refractivity contribution in [3.63, 3.8) is 0 Å². The van der Waals surface area contributed by atoms with Crippen LogP contribution in [0.3, 0.4) is 0 Å². The molecule has 2 heterocycles. The summed E-state index contributed by atoms with van der Waals surface area (Å²) in [6, 6.07) is 15.4. The molecule has 0 aliphatic heterocycles. The zero-order valence-electron chi connectivity index (χ0n) is 12.5. The summed E-state index contributed by atoms with van der Waals surface area (Å²) in [6.07, 6.45) is 0. The average molecular weight is 306 g/mol. The second-order valence-electron chi connectivity index (χ2n) is 5.19. The van der Waals surface area contributed by atoms with E-state index in [1.54, 1.807) is 0 Å². The fraction of sp³-hybridized carbons (Fsp3) is 0.118. The summed E-state index contributed by atoms with van der Waals surface area (Å²) in [7, 11) is 1.38. The summed E-state index contributed by atoms with van der Waals surface area (Å²) in [6.45, 7) is 0.0867. The van der Waals surface area contributed by atoms with Crippen molar-refractivity contribution in [3.8, 4) is 11.6 Å². The number of nitrogens with one attached hydrogen (secondary N) is 1. The number of aromatic amines is 1. The first-order valence-corrected chi connectivity index (χ1v) is 7.23. The van der Waals surface area contributed by atoms with Gasteiger partial charge in [0.2, 0.25) is 0 Å². The highest BCUT2D eigenvalue weighted by Gasteiger charge is 2.17. The molecule has 23 heavy (non-hydrogen) atoms. The summed E-state index contributed by atoms with van der Waals surface area (Å²) in [4.78, 5) is 24.2. The minimum absolute atomic E-state index is 0.0867. The predicted molar refractivity (Wildman–Crippen MR) is 86.8 cm³/mol. The number of nitrogens with zero attached hydrogens (tertiary/aromatic N) is 3. The lowest BCUT2D eigenvalue weighted by Gasteiger charge is -2.05. The molecule has 4 rings (SSSR count). The van der Waals surface area contributed by atoms with E-state index in [0.717, 1.165) is 22.1 Å². The van der Waals surface area contributed by atoms with Gasteiger partial charge in [-0.15, -0.1) is 0 Å². The van der Waals surface area contributed by atoms with Crippen LogP contribution in [0.1, 0.15) is 0 Å². The fourth-order valence-corrected chi connectivity index (χ4v) is 2.67. The van der Waals surface area contributed by atoms with E-state index in [4.69, 9.17) is 4.74 Å². The molecule has 0 amide bonds. The molecule has 0 fully saturated rings. The van der Waals surface area contributed by atoms with Gasteiger partial charge in [0.1, 0.15) is 6.54 Å². The molecular formula is C17H14N4O2. The molecule has 0 aliphatic carbocycles. The number of rotatable bonds is 3. The van der Waals surface area contributed by atoms with Crippen LogP contribution in [-0.2, 0) is 16.1 Å². The second kappa shape index (κ2) is 5.24. The van der Waals surface area contributed by atoms with E-state index >= 15 is 0 Å². The van der Waals surface area contributed by atoms with Gasteiger partial charge >= 0.3 is 5.97 Å². The molecule has 114 valence electrons. The fourth-order valence-electron chi connectivity index (χ4n) is 2.67. The Morgan fingerprint density at radius 2 is 1.83 bits per heavy atom. The van der Waals surface area contributed by atoms with E-state index in [-0.39, 0.29) is 12.5 Å². The van der Waals surface area contributed by atoms with E-state index < -0.39 is 0 Å². The third-order valence-electron chi connectivity index (χ3n) is 3.77. The summed E-state index contributed by atoms with van der Waals surface area (Å²) >= 11 is 0. The number of benzene rings is 2. The number of carbonyl (C=O) groups is 1. The molecule has 1 N–H and O–H groups in total.